The Balaban J connectivity index is 1.53. The third kappa shape index (κ3) is 3.47. The summed E-state index contributed by atoms with van der Waals surface area (Å²) in [5.41, 5.74) is 5.09. The number of rotatable bonds is 2. The van der Waals surface area contributed by atoms with E-state index in [1.807, 2.05) is 30.3 Å². The van der Waals surface area contributed by atoms with E-state index in [9.17, 15) is 4.79 Å². The van der Waals surface area contributed by atoms with Crippen molar-refractivity contribution in [3.8, 4) is 0 Å². The van der Waals surface area contributed by atoms with Crippen LogP contribution in [-0.4, -0.2) is 16.8 Å². The summed E-state index contributed by atoms with van der Waals surface area (Å²) in [7, 11) is 0. The number of nitrogens with one attached hydrogen (secondary N) is 1. The molecular weight excluding hydrogens is 417 g/mol. The molecule has 4 nitrogen and oxygen atoms in total. The molecule has 0 radical (unpaired) electrons. The molecule has 1 aliphatic heterocycles. The van der Waals surface area contributed by atoms with Crippen molar-refractivity contribution in [3.05, 3.63) is 99.5 Å². The van der Waals surface area contributed by atoms with Gasteiger partial charge < -0.3 is 5.32 Å². The number of anilines is 1. The molecule has 150 valence electrons. The number of amides is 2. The Morgan fingerprint density at radius 2 is 1.60 bits per heavy atom. The van der Waals surface area contributed by atoms with Crippen LogP contribution in [0.25, 0.3) is 0 Å². The minimum atomic E-state index is -0.267. The first-order valence-corrected chi connectivity index (χ1v) is 10.6. The molecule has 2 aliphatic rings. The van der Waals surface area contributed by atoms with Gasteiger partial charge in [0.1, 0.15) is 0 Å². The summed E-state index contributed by atoms with van der Waals surface area (Å²) in [5.74, 6) is 0.136. The van der Waals surface area contributed by atoms with Gasteiger partial charge in [0, 0.05) is 27.2 Å². The van der Waals surface area contributed by atoms with Crippen molar-refractivity contribution < 1.29 is 4.79 Å². The largest absolute Gasteiger partial charge is 0.342 e. The Hall–Kier alpha value is -2.82. The van der Waals surface area contributed by atoms with E-state index in [1.54, 1.807) is 29.3 Å². The van der Waals surface area contributed by atoms with E-state index >= 15 is 0 Å². The van der Waals surface area contributed by atoms with Crippen LogP contribution in [0.3, 0.4) is 0 Å². The van der Waals surface area contributed by atoms with Crippen molar-refractivity contribution in [1.29, 1.82) is 0 Å². The normalized spacial score (nSPS) is 19.7. The van der Waals surface area contributed by atoms with Crippen molar-refractivity contribution in [2.75, 3.05) is 5.32 Å². The number of carbonyl (C=O) groups is 1. The summed E-state index contributed by atoms with van der Waals surface area (Å²) in [6, 6.07) is 22.6. The lowest BCUT2D eigenvalue weighted by atomic mass is 9.77. The Bertz CT molecular complexity index is 1130. The number of hydrogen-bond donors (Lipinski definition) is 1. The van der Waals surface area contributed by atoms with Crippen LogP contribution < -0.4 is 5.32 Å². The van der Waals surface area contributed by atoms with E-state index in [0.717, 1.165) is 29.7 Å². The molecule has 0 bridgehead atoms. The number of aryl methyl sites for hydroxylation is 1. The summed E-state index contributed by atoms with van der Waals surface area (Å²) in [5, 5.41) is 10.7. The molecule has 0 saturated carbocycles. The molecular formula is C24H19Cl2N3O. The highest BCUT2D eigenvalue weighted by molar-refractivity contribution is 6.30. The highest BCUT2D eigenvalue weighted by Gasteiger charge is 2.43. The molecule has 0 spiro atoms. The van der Waals surface area contributed by atoms with Crippen LogP contribution in [0.5, 0.6) is 0 Å². The van der Waals surface area contributed by atoms with Gasteiger partial charge in [-0.3, -0.25) is 0 Å². The third-order valence-corrected chi connectivity index (χ3v) is 6.25. The zero-order valence-electron chi connectivity index (χ0n) is 16.1. The molecule has 0 saturated heterocycles. The first-order valence-electron chi connectivity index (χ1n) is 9.88. The SMILES string of the molecule is O=C(Nc1ccc(Cl)cc1)N1N=C2c3ccccc3CC[C@@H]2[C@@H]1c1ccc(Cl)cc1. The third-order valence-electron chi connectivity index (χ3n) is 5.74. The number of benzene rings is 3. The van der Waals surface area contributed by atoms with E-state index in [2.05, 4.69) is 23.5 Å². The lowest BCUT2D eigenvalue weighted by Gasteiger charge is -2.29. The maximum Gasteiger partial charge on any atom is 0.342 e. The van der Waals surface area contributed by atoms with Crippen LogP contribution in [0, 0.1) is 5.92 Å². The molecule has 1 N–H and O–H groups in total. The van der Waals surface area contributed by atoms with Gasteiger partial charge in [0.25, 0.3) is 0 Å². The second-order valence-electron chi connectivity index (χ2n) is 7.57. The zero-order valence-corrected chi connectivity index (χ0v) is 17.6. The summed E-state index contributed by atoms with van der Waals surface area (Å²) in [6.07, 6.45) is 1.91. The number of fused-ring (bicyclic) bond motifs is 3. The predicted octanol–water partition coefficient (Wildman–Crippen LogP) is 6.55. The number of nitrogens with zero attached hydrogens (tertiary/aromatic N) is 2. The average Bonchev–Trinajstić information content (AvgIpc) is 3.16. The van der Waals surface area contributed by atoms with Crippen LogP contribution in [0.15, 0.2) is 77.9 Å². The van der Waals surface area contributed by atoms with Gasteiger partial charge in [-0.2, -0.15) is 5.10 Å². The smallest absolute Gasteiger partial charge is 0.306 e. The molecule has 1 heterocycles. The Kier molecular flexibility index (Phi) is 4.97. The summed E-state index contributed by atoms with van der Waals surface area (Å²) >= 11 is 12.1. The standard InChI is InChI=1S/C24H19Cl2N3O/c25-17-8-5-16(6-9-17)23-21-14-7-15-3-1-2-4-20(15)22(21)28-29(23)24(30)27-19-12-10-18(26)11-13-19/h1-6,8-13,21,23H,7,14H2,(H,27,30)/t21-,23-/m0/s1. The zero-order chi connectivity index (χ0) is 20.7. The minimum Gasteiger partial charge on any atom is -0.306 e. The molecule has 0 aromatic heterocycles. The number of hydrazone groups is 1. The molecule has 2 atom stereocenters. The average molecular weight is 436 g/mol. The van der Waals surface area contributed by atoms with Gasteiger partial charge in [-0.05, 0) is 60.4 Å². The molecule has 3 aromatic carbocycles. The molecule has 0 unspecified atom stereocenters. The van der Waals surface area contributed by atoms with Gasteiger partial charge in [0.2, 0.25) is 0 Å². The fourth-order valence-electron chi connectivity index (χ4n) is 4.34. The van der Waals surface area contributed by atoms with Crippen LogP contribution in [0.2, 0.25) is 10.0 Å². The summed E-state index contributed by atoms with van der Waals surface area (Å²) < 4.78 is 0. The van der Waals surface area contributed by atoms with E-state index < -0.39 is 0 Å². The Labute approximate surface area is 185 Å². The van der Waals surface area contributed by atoms with E-state index in [0.29, 0.717) is 15.7 Å². The number of hydrogen-bond acceptors (Lipinski definition) is 2. The van der Waals surface area contributed by atoms with Crippen molar-refractivity contribution >= 4 is 40.6 Å². The van der Waals surface area contributed by atoms with Crippen LogP contribution >= 0.6 is 23.2 Å². The lowest BCUT2D eigenvalue weighted by Crippen LogP contribution is -2.34. The lowest BCUT2D eigenvalue weighted by molar-refractivity contribution is 0.188. The van der Waals surface area contributed by atoms with E-state index in [-0.39, 0.29) is 18.0 Å². The van der Waals surface area contributed by atoms with Crippen LogP contribution in [-0.2, 0) is 6.42 Å². The Morgan fingerprint density at radius 3 is 2.33 bits per heavy atom. The topological polar surface area (TPSA) is 44.7 Å². The van der Waals surface area contributed by atoms with Crippen molar-refractivity contribution in [2.45, 2.75) is 18.9 Å². The maximum atomic E-state index is 13.3. The fourth-order valence-corrected chi connectivity index (χ4v) is 4.59. The quantitative estimate of drug-likeness (QED) is 0.487. The van der Waals surface area contributed by atoms with Gasteiger partial charge in [-0.25, -0.2) is 9.80 Å². The van der Waals surface area contributed by atoms with E-state index in [1.165, 1.54) is 5.56 Å². The van der Waals surface area contributed by atoms with Crippen molar-refractivity contribution in [2.24, 2.45) is 11.0 Å². The Morgan fingerprint density at radius 1 is 0.933 bits per heavy atom. The highest BCUT2D eigenvalue weighted by atomic mass is 35.5. The van der Waals surface area contributed by atoms with Crippen molar-refractivity contribution in [1.82, 2.24) is 5.01 Å². The van der Waals surface area contributed by atoms with E-state index in [4.69, 9.17) is 28.3 Å². The summed E-state index contributed by atoms with van der Waals surface area (Å²) in [6.45, 7) is 0. The first kappa shape index (κ1) is 19.2. The number of urea groups is 1. The fraction of sp³-hybridized carbons (Fsp3) is 0.167. The summed E-state index contributed by atoms with van der Waals surface area (Å²) in [4.78, 5) is 13.3. The first-order chi connectivity index (χ1) is 14.6. The second-order valence-corrected chi connectivity index (χ2v) is 8.44. The molecule has 5 rings (SSSR count). The second kappa shape index (κ2) is 7.78. The number of halogens is 2. The van der Waals surface area contributed by atoms with Gasteiger partial charge in [0.15, 0.2) is 0 Å². The molecule has 0 fully saturated rings. The molecule has 6 heteroatoms. The monoisotopic (exact) mass is 435 g/mol. The number of carbonyl (C=O) groups excluding carboxylic acids is 1. The van der Waals surface area contributed by atoms with Gasteiger partial charge >= 0.3 is 6.03 Å². The van der Waals surface area contributed by atoms with Gasteiger partial charge in [0.05, 0.1) is 11.8 Å². The minimum absolute atomic E-state index is 0.136. The van der Waals surface area contributed by atoms with Gasteiger partial charge in [-0.15, -0.1) is 0 Å². The molecule has 2 amide bonds. The predicted molar refractivity (Wildman–Crippen MR) is 121 cm³/mol. The molecule has 3 aromatic rings. The maximum absolute atomic E-state index is 13.3. The van der Waals surface area contributed by atoms with Crippen LogP contribution in [0.4, 0.5) is 10.5 Å². The molecule has 30 heavy (non-hydrogen) atoms. The van der Waals surface area contributed by atoms with Gasteiger partial charge in [-0.1, -0.05) is 59.6 Å². The van der Waals surface area contributed by atoms with Crippen molar-refractivity contribution in [3.63, 3.8) is 0 Å². The molecule has 1 aliphatic carbocycles. The van der Waals surface area contributed by atoms with Crippen LogP contribution in [0.1, 0.15) is 29.2 Å². The highest BCUT2D eigenvalue weighted by Crippen LogP contribution is 2.43.